The molecule has 0 aliphatic heterocycles. The fourth-order valence-electron chi connectivity index (χ4n) is 3.09. The van der Waals surface area contributed by atoms with E-state index >= 15 is 0 Å². The van der Waals surface area contributed by atoms with Gasteiger partial charge in [0.2, 0.25) is 0 Å². The van der Waals surface area contributed by atoms with Crippen LogP contribution in [0.4, 0.5) is 0 Å². The zero-order chi connectivity index (χ0) is 17.9. The first kappa shape index (κ1) is 23.6. The summed E-state index contributed by atoms with van der Waals surface area (Å²) in [6, 6.07) is 0. The Morgan fingerprint density at radius 2 is 1.92 bits per heavy atom. The summed E-state index contributed by atoms with van der Waals surface area (Å²) in [7, 11) is 1.81. The first-order chi connectivity index (χ1) is 12.2. The molecule has 0 unspecified atom stereocenters. The standard InChI is InChI=1S/C19H34N4OS.HI/c1-15-16(2)25-18(23-15)14-22-19(20-3)21-12-8-5-9-13-24-17-10-6-4-7-11-17;/h17H,4-14H2,1-3H3,(H2,20,21,22);1H. The van der Waals surface area contributed by atoms with Gasteiger partial charge in [-0.1, -0.05) is 19.3 Å². The van der Waals surface area contributed by atoms with Gasteiger partial charge < -0.3 is 15.4 Å². The highest BCUT2D eigenvalue weighted by Gasteiger charge is 2.12. The molecule has 5 nitrogen and oxygen atoms in total. The van der Waals surface area contributed by atoms with Crippen LogP contribution in [0, 0.1) is 13.8 Å². The number of rotatable bonds is 9. The number of ether oxygens (including phenoxy) is 1. The number of nitrogens with one attached hydrogen (secondary N) is 2. The molecule has 26 heavy (non-hydrogen) atoms. The molecule has 7 heteroatoms. The number of guanidine groups is 1. The van der Waals surface area contributed by atoms with E-state index < -0.39 is 0 Å². The molecule has 1 fully saturated rings. The molecule has 2 N–H and O–H groups in total. The lowest BCUT2D eigenvalue weighted by molar-refractivity contribution is 0.0264. The topological polar surface area (TPSA) is 58.5 Å². The van der Waals surface area contributed by atoms with Crippen LogP contribution >= 0.6 is 35.3 Å². The van der Waals surface area contributed by atoms with Crippen LogP contribution in [0.15, 0.2) is 4.99 Å². The lowest BCUT2D eigenvalue weighted by Gasteiger charge is -2.21. The van der Waals surface area contributed by atoms with Crippen molar-refractivity contribution in [1.82, 2.24) is 15.6 Å². The number of aliphatic imine (C=N–C) groups is 1. The number of unbranched alkanes of at least 4 members (excludes halogenated alkanes) is 2. The molecule has 1 saturated carbocycles. The second-order valence-electron chi connectivity index (χ2n) is 6.79. The molecule has 2 rings (SSSR count). The van der Waals surface area contributed by atoms with Gasteiger partial charge in [0.15, 0.2) is 5.96 Å². The second-order valence-corrected chi connectivity index (χ2v) is 8.08. The van der Waals surface area contributed by atoms with Gasteiger partial charge >= 0.3 is 0 Å². The zero-order valence-electron chi connectivity index (χ0n) is 16.5. The minimum absolute atomic E-state index is 0. The Bertz CT molecular complexity index is 510. The molecule has 1 aliphatic rings. The number of hydrogen-bond donors (Lipinski definition) is 2. The smallest absolute Gasteiger partial charge is 0.191 e. The normalized spacial score (nSPS) is 15.6. The predicted molar refractivity (Wildman–Crippen MR) is 122 cm³/mol. The molecule has 0 bridgehead atoms. The van der Waals surface area contributed by atoms with Crippen LogP contribution in [-0.2, 0) is 11.3 Å². The number of nitrogens with zero attached hydrogens (tertiary/aromatic N) is 2. The summed E-state index contributed by atoms with van der Waals surface area (Å²) in [4.78, 5) is 10.1. The van der Waals surface area contributed by atoms with Crippen molar-refractivity contribution in [2.24, 2.45) is 4.99 Å². The third kappa shape index (κ3) is 8.99. The lowest BCUT2D eigenvalue weighted by atomic mass is 9.98. The molecule has 0 radical (unpaired) electrons. The minimum atomic E-state index is 0. The van der Waals surface area contributed by atoms with Gasteiger partial charge in [-0.25, -0.2) is 4.98 Å². The number of aryl methyl sites for hydroxylation is 2. The monoisotopic (exact) mass is 494 g/mol. The summed E-state index contributed by atoms with van der Waals surface area (Å²) in [5.74, 6) is 0.851. The van der Waals surface area contributed by atoms with E-state index in [2.05, 4.69) is 34.5 Å². The summed E-state index contributed by atoms with van der Waals surface area (Å²) >= 11 is 1.75. The third-order valence-electron chi connectivity index (χ3n) is 4.72. The van der Waals surface area contributed by atoms with Gasteiger partial charge in [-0.2, -0.15) is 0 Å². The summed E-state index contributed by atoms with van der Waals surface area (Å²) in [5.41, 5.74) is 1.13. The average Bonchev–Trinajstić information content (AvgIpc) is 2.95. The van der Waals surface area contributed by atoms with Crippen molar-refractivity contribution in [3.8, 4) is 0 Å². The Kier molecular flexibility index (Phi) is 12.5. The van der Waals surface area contributed by atoms with Crippen LogP contribution in [-0.4, -0.2) is 37.2 Å². The molecule has 0 spiro atoms. The van der Waals surface area contributed by atoms with Crippen molar-refractivity contribution in [2.75, 3.05) is 20.2 Å². The van der Waals surface area contributed by atoms with Gasteiger partial charge in [0.05, 0.1) is 18.3 Å². The van der Waals surface area contributed by atoms with Crippen LogP contribution in [0.2, 0.25) is 0 Å². The van der Waals surface area contributed by atoms with E-state index in [1.54, 1.807) is 11.3 Å². The van der Waals surface area contributed by atoms with Crippen LogP contribution in [0.25, 0.3) is 0 Å². The van der Waals surface area contributed by atoms with Crippen LogP contribution in [0.1, 0.15) is 66.9 Å². The van der Waals surface area contributed by atoms with Gasteiger partial charge in [0, 0.05) is 25.1 Å². The van der Waals surface area contributed by atoms with Crippen molar-refractivity contribution >= 4 is 41.3 Å². The maximum absolute atomic E-state index is 5.97. The van der Waals surface area contributed by atoms with E-state index in [4.69, 9.17) is 4.74 Å². The number of aromatic nitrogens is 1. The number of thiazole rings is 1. The zero-order valence-corrected chi connectivity index (χ0v) is 19.6. The summed E-state index contributed by atoms with van der Waals surface area (Å²) < 4.78 is 5.97. The van der Waals surface area contributed by atoms with Gasteiger partial charge in [0.25, 0.3) is 0 Å². The van der Waals surface area contributed by atoms with Crippen molar-refractivity contribution < 1.29 is 4.74 Å². The largest absolute Gasteiger partial charge is 0.378 e. The van der Waals surface area contributed by atoms with E-state index in [1.165, 1.54) is 43.4 Å². The average molecular weight is 494 g/mol. The first-order valence-corrected chi connectivity index (χ1v) is 10.5. The molecule has 1 aromatic heterocycles. The number of halogens is 1. The molecule has 0 saturated heterocycles. The fraction of sp³-hybridized carbons (Fsp3) is 0.789. The van der Waals surface area contributed by atoms with Crippen molar-refractivity contribution in [3.63, 3.8) is 0 Å². The van der Waals surface area contributed by atoms with E-state index in [0.717, 1.165) is 49.2 Å². The van der Waals surface area contributed by atoms with Crippen molar-refractivity contribution in [2.45, 2.75) is 77.9 Å². The second kappa shape index (κ2) is 13.7. The van der Waals surface area contributed by atoms with Crippen LogP contribution < -0.4 is 10.6 Å². The number of hydrogen-bond acceptors (Lipinski definition) is 4. The molecule has 1 aromatic rings. The van der Waals surface area contributed by atoms with E-state index in [0.29, 0.717) is 6.10 Å². The molecule has 1 heterocycles. The molecular formula is C19H35IN4OS. The molecule has 1 aliphatic carbocycles. The van der Waals surface area contributed by atoms with Gasteiger partial charge in [0.1, 0.15) is 5.01 Å². The highest BCUT2D eigenvalue weighted by molar-refractivity contribution is 14.0. The third-order valence-corrected chi connectivity index (χ3v) is 5.80. The Labute approximate surface area is 179 Å². The fourth-order valence-corrected chi connectivity index (χ4v) is 3.96. The van der Waals surface area contributed by atoms with E-state index in [1.807, 2.05) is 7.05 Å². The highest BCUT2D eigenvalue weighted by atomic mass is 127. The summed E-state index contributed by atoms with van der Waals surface area (Å²) in [6.07, 6.45) is 10.6. The predicted octanol–water partition coefficient (Wildman–Crippen LogP) is 4.56. The summed E-state index contributed by atoms with van der Waals surface area (Å²) in [6.45, 7) is 6.76. The summed E-state index contributed by atoms with van der Waals surface area (Å²) in [5, 5.41) is 7.82. The van der Waals surface area contributed by atoms with Crippen LogP contribution in [0.5, 0.6) is 0 Å². The quantitative estimate of drug-likeness (QED) is 0.229. The molecule has 0 amide bonds. The molecule has 0 aromatic carbocycles. The molecule has 0 atom stereocenters. The first-order valence-electron chi connectivity index (χ1n) is 9.68. The van der Waals surface area contributed by atoms with Gasteiger partial charge in [-0.05, 0) is 46.0 Å². The Morgan fingerprint density at radius 3 is 2.58 bits per heavy atom. The highest BCUT2D eigenvalue weighted by Crippen LogP contribution is 2.20. The van der Waals surface area contributed by atoms with Gasteiger partial charge in [-0.15, -0.1) is 35.3 Å². The van der Waals surface area contributed by atoms with Crippen LogP contribution in [0.3, 0.4) is 0 Å². The lowest BCUT2D eigenvalue weighted by Crippen LogP contribution is -2.37. The maximum atomic E-state index is 5.97. The van der Waals surface area contributed by atoms with Crippen molar-refractivity contribution in [1.29, 1.82) is 0 Å². The Morgan fingerprint density at radius 1 is 1.15 bits per heavy atom. The minimum Gasteiger partial charge on any atom is -0.378 e. The Balaban J connectivity index is 0.00000338. The molecular weight excluding hydrogens is 459 g/mol. The van der Waals surface area contributed by atoms with E-state index in [-0.39, 0.29) is 24.0 Å². The van der Waals surface area contributed by atoms with E-state index in [9.17, 15) is 0 Å². The Hall–Kier alpha value is -0.410. The maximum Gasteiger partial charge on any atom is 0.191 e. The van der Waals surface area contributed by atoms with Gasteiger partial charge in [-0.3, -0.25) is 4.99 Å². The SMILES string of the molecule is CN=C(NCCCCCOC1CCCCC1)NCc1nc(C)c(C)s1.I. The van der Waals surface area contributed by atoms with Crippen molar-refractivity contribution in [3.05, 3.63) is 15.6 Å². The molecule has 150 valence electrons.